The van der Waals surface area contributed by atoms with Gasteiger partial charge in [-0.1, -0.05) is 35.5 Å². The summed E-state index contributed by atoms with van der Waals surface area (Å²) in [5, 5.41) is 10.5. The molecule has 0 aliphatic carbocycles. The van der Waals surface area contributed by atoms with Crippen molar-refractivity contribution in [2.24, 2.45) is 5.92 Å². The third-order valence-electron chi connectivity index (χ3n) is 5.62. The van der Waals surface area contributed by atoms with Crippen LogP contribution >= 0.6 is 12.4 Å². The van der Waals surface area contributed by atoms with Crippen LogP contribution < -0.4 is 10.6 Å². The summed E-state index contributed by atoms with van der Waals surface area (Å²) >= 11 is 0. The third-order valence-corrected chi connectivity index (χ3v) is 5.62. The van der Waals surface area contributed by atoms with E-state index in [1.54, 1.807) is 0 Å². The Bertz CT molecular complexity index is 763. The van der Waals surface area contributed by atoms with Crippen LogP contribution in [-0.2, 0) is 17.8 Å². The van der Waals surface area contributed by atoms with Gasteiger partial charge >= 0.3 is 0 Å². The van der Waals surface area contributed by atoms with E-state index in [9.17, 15) is 4.79 Å². The van der Waals surface area contributed by atoms with Crippen LogP contribution in [-0.4, -0.2) is 53.2 Å². The van der Waals surface area contributed by atoms with E-state index in [2.05, 4.69) is 37.8 Å². The van der Waals surface area contributed by atoms with Crippen molar-refractivity contribution in [1.82, 2.24) is 25.7 Å². The van der Waals surface area contributed by atoms with Gasteiger partial charge in [-0.05, 0) is 50.3 Å². The van der Waals surface area contributed by atoms with Crippen LogP contribution in [0, 0.1) is 5.92 Å². The lowest BCUT2D eigenvalue weighted by atomic mass is 9.98. The summed E-state index contributed by atoms with van der Waals surface area (Å²) in [6, 6.07) is 10.2. The van der Waals surface area contributed by atoms with Crippen molar-refractivity contribution in [3.63, 3.8) is 0 Å². The summed E-state index contributed by atoms with van der Waals surface area (Å²) < 4.78 is 5.42. The highest BCUT2D eigenvalue weighted by atomic mass is 35.5. The molecule has 1 amide bonds. The second-order valence-electron chi connectivity index (χ2n) is 7.90. The van der Waals surface area contributed by atoms with Gasteiger partial charge in [0.2, 0.25) is 11.8 Å². The van der Waals surface area contributed by atoms with Crippen LogP contribution in [0.25, 0.3) is 0 Å². The Hall–Kier alpha value is -1.96. The molecule has 2 unspecified atom stereocenters. The smallest absolute Gasteiger partial charge is 0.237 e. The molecular weight excluding hydrogens is 390 g/mol. The van der Waals surface area contributed by atoms with Gasteiger partial charge in [-0.15, -0.1) is 12.4 Å². The predicted octanol–water partition coefficient (Wildman–Crippen LogP) is 2.16. The molecule has 2 N–H and O–H groups in total. The molecule has 8 heteroatoms. The highest BCUT2D eigenvalue weighted by Gasteiger charge is 2.25. The number of carbonyl (C=O) groups is 1. The zero-order valence-corrected chi connectivity index (χ0v) is 17.5. The van der Waals surface area contributed by atoms with Crippen LogP contribution in [0.4, 0.5) is 0 Å². The van der Waals surface area contributed by atoms with E-state index in [-0.39, 0.29) is 24.4 Å². The number of piperidine rings is 1. The molecule has 3 heterocycles. The van der Waals surface area contributed by atoms with Crippen LogP contribution in [0.5, 0.6) is 0 Å². The van der Waals surface area contributed by atoms with Gasteiger partial charge in [-0.25, -0.2) is 0 Å². The second-order valence-corrected chi connectivity index (χ2v) is 7.90. The number of hydrogen-bond donors (Lipinski definition) is 2. The van der Waals surface area contributed by atoms with Gasteiger partial charge in [-0.3, -0.25) is 9.69 Å². The van der Waals surface area contributed by atoms with Crippen molar-refractivity contribution >= 4 is 18.3 Å². The highest BCUT2D eigenvalue weighted by molar-refractivity contribution is 5.85. The summed E-state index contributed by atoms with van der Waals surface area (Å²) in [5.74, 6) is 2.03. The Morgan fingerprint density at radius 3 is 2.90 bits per heavy atom. The van der Waals surface area contributed by atoms with Crippen molar-refractivity contribution < 1.29 is 9.32 Å². The summed E-state index contributed by atoms with van der Waals surface area (Å²) in [7, 11) is 0. The van der Waals surface area contributed by atoms with Crippen molar-refractivity contribution in [3.05, 3.63) is 47.6 Å². The molecule has 29 heavy (non-hydrogen) atoms. The fraction of sp³-hybridized carbons (Fsp3) is 0.571. The number of halogens is 1. The molecule has 0 saturated carbocycles. The molecule has 1 aromatic carbocycles. The topological polar surface area (TPSA) is 83.3 Å². The molecular formula is C21H30ClN5O2. The van der Waals surface area contributed by atoms with E-state index in [0.29, 0.717) is 24.8 Å². The van der Waals surface area contributed by atoms with Crippen LogP contribution in [0.15, 0.2) is 34.9 Å². The number of likely N-dealkylation sites (tertiary alicyclic amines) is 1. The lowest BCUT2D eigenvalue weighted by Crippen LogP contribution is -2.45. The fourth-order valence-corrected chi connectivity index (χ4v) is 4.13. The quantitative estimate of drug-likeness (QED) is 0.715. The van der Waals surface area contributed by atoms with Gasteiger partial charge in [0.15, 0.2) is 5.82 Å². The maximum absolute atomic E-state index is 12.2. The lowest BCUT2D eigenvalue weighted by molar-refractivity contribution is -0.123. The maximum Gasteiger partial charge on any atom is 0.237 e. The molecule has 7 nitrogen and oxygen atoms in total. The molecule has 2 saturated heterocycles. The molecule has 2 aliphatic rings. The first-order valence-electron chi connectivity index (χ1n) is 10.3. The summed E-state index contributed by atoms with van der Waals surface area (Å²) in [4.78, 5) is 19.1. The Balaban J connectivity index is 0.00000240. The molecule has 0 spiro atoms. The van der Waals surface area contributed by atoms with Crippen molar-refractivity contribution in [2.45, 2.75) is 44.7 Å². The zero-order valence-electron chi connectivity index (χ0n) is 16.7. The van der Waals surface area contributed by atoms with Gasteiger partial charge in [0, 0.05) is 13.1 Å². The summed E-state index contributed by atoms with van der Waals surface area (Å²) in [6.07, 6.45) is 4.99. The van der Waals surface area contributed by atoms with Gasteiger partial charge in [0.1, 0.15) is 0 Å². The average Bonchev–Trinajstić information content (AvgIpc) is 3.40. The normalized spacial score (nSPS) is 22.2. The van der Waals surface area contributed by atoms with Gasteiger partial charge in [0.05, 0.1) is 19.0 Å². The number of nitrogens with zero attached hydrogens (tertiary/aromatic N) is 3. The van der Waals surface area contributed by atoms with Crippen molar-refractivity contribution in [2.75, 3.05) is 26.2 Å². The number of nitrogens with one attached hydrogen (secondary N) is 2. The molecule has 2 fully saturated rings. The Labute approximate surface area is 178 Å². The highest BCUT2D eigenvalue weighted by Crippen LogP contribution is 2.18. The number of carbonyl (C=O) groups excluding carboxylic acids is 1. The maximum atomic E-state index is 12.2. The SMILES string of the molecule is Cl.O=C(NCC1CCCN(Cc2noc(Cc3ccccc3)n2)C1)C1CCCN1. The molecule has 158 valence electrons. The molecule has 2 atom stereocenters. The Kier molecular flexibility index (Phi) is 8.03. The summed E-state index contributed by atoms with van der Waals surface area (Å²) in [6.45, 7) is 4.40. The summed E-state index contributed by atoms with van der Waals surface area (Å²) in [5.41, 5.74) is 1.17. The minimum absolute atomic E-state index is 0. The fourth-order valence-electron chi connectivity index (χ4n) is 4.13. The molecule has 4 rings (SSSR count). The van der Waals surface area contributed by atoms with E-state index in [1.165, 1.54) is 5.56 Å². The number of aromatic nitrogens is 2. The molecule has 1 aromatic heterocycles. The van der Waals surface area contributed by atoms with Gasteiger partial charge in [0.25, 0.3) is 0 Å². The van der Waals surface area contributed by atoms with E-state index >= 15 is 0 Å². The largest absolute Gasteiger partial charge is 0.354 e. The van der Waals surface area contributed by atoms with E-state index in [4.69, 9.17) is 4.52 Å². The van der Waals surface area contributed by atoms with Crippen molar-refractivity contribution in [1.29, 1.82) is 0 Å². The van der Waals surface area contributed by atoms with Crippen LogP contribution in [0.2, 0.25) is 0 Å². The molecule has 0 bridgehead atoms. The van der Waals surface area contributed by atoms with Gasteiger partial charge < -0.3 is 15.2 Å². The first kappa shape index (κ1) is 21.7. The van der Waals surface area contributed by atoms with Crippen LogP contribution in [0.1, 0.15) is 43.0 Å². The standard InChI is InChI=1S/C21H29N5O2.ClH/c27-21(18-9-4-10-22-18)23-13-17-8-5-11-26(14-17)15-19-24-20(28-25-19)12-16-6-2-1-3-7-16;/h1-3,6-7,17-18,22H,4-5,8-15H2,(H,23,27);1H. The van der Waals surface area contributed by atoms with E-state index < -0.39 is 0 Å². The Morgan fingerprint density at radius 2 is 2.10 bits per heavy atom. The number of amides is 1. The predicted molar refractivity (Wildman–Crippen MR) is 113 cm³/mol. The number of rotatable bonds is 7. The first-order valence-corrected chi connectivity index (χ1v) is 10.3. The second kappa shape index (κ2) is 10.7. The van der Waals surface area contributed by atoms with Crippen molar-refractivity contribution in [3.8, 4) is 0 Å². The van der Waals surface area contributed by atoms with Gasteiger partial charge in [-0.2, -0.15) is 4.98 Å². The molecule has 2 aromatic rings. The molecule has 2 aliphatic heterocycles. The van der Waals surface area contributed by atoms with E-state index in [0.717, 1.165) is 57.7 Å². The number of benzene rings is 1. The monoisotopic (exact) mass is 419 g/mol. The zero-order chi connectivity index (χ0) is 19.2. The van der Waals surface area contributed by atoms with E-state index in [1.807, 2.05) is 18.2 Å². The lowest BCUT2D eigenvalue weighted by Gasteiger charge is -2.32. The minimum Gasteiger partial charge on any atom is -0.354 e. The average molecular weight is 420 g/mol. The number of hydrogen-bond acceptors (Lipinski definition) is 6. The third kappa shape index (κ3) is 6.26. The molecule has 0 radical (unpaired) electrons. The minimum atomic E-state index is 0. The Morgan fingerprint density at radius 1 is 1.24 bits per heavy atom. The van der Waals surface area contributed by atoms with Crippen LogP contribution in [0.3, 0.4) is 0 Å². The first-order chi connectivity index (χ1) is 13.8.